The summed E-state index contributed by atoms with van der Waals surface area (Å²) in [4.78, 5) is 2.36. The standard InChI is InChI=1S/C14H27NO2/c1-15(13-8-2-3-9-14(13)16)10-4-6-12-7-5-11-17-12/h12-14,16H,2-11H2,1H3. The lowest BCUT2D eigenvalue weighted by Gasteiger charge is -2.35. The summed E-state index contributed by atoms with van der Waals surface area (Å²) in [6.45, 7) is 2.06. The number of aliphatic hydroxyl groups is 1. The maximum atomic E-state index is 9.98. The van der Waals surface area contributed by atoms with E-state index in [2.05, 4.69) is 11.9 Å². The van der Waals surface area contributed by atoms with E-state index in [1.54, 1.807) is 0 Å². The second kappa shape index (κ2) is 6.72. The van der Waals surface area contributed by atoms with Crippen LogP contribution in [0.5, 0.6) is 0 Å². The molecule has 0 aromatic carbocycles. The quantitative estimate of drug-likeness (QED) is 0.801. The van der Waals surface area contributed by atoms with Crippen LogP contribution in [-0.2, 0) is 4.74 Å². The Morgan fingerprint density at radius 3 is 2.71 bits per heavy atom. The number of hydrogen-bond acceptors (Lipinski definition) is 3. The minimum absolute atomic E-state index is 0.100. The molecule has 1 aliphatic heterocycles. The highest BCUT2D eigenvalue weighted by molar-refractivity contribution is 4.81. The Morgan fingerprint density at radius 2 is 2.00 bits per heavy atom. The predicted octanol–water partition coefficient (Wildman–Crippen LogP) is 2.18. The van der Waals surface area contributed by atoms with E-state index in [9.17, 15) is 5.11 Å². The van der Waals surface area contributed by atoms with Crippen molar-refractivity contribution in [1.82, 2.24) is 4.90 Å². The van der Waals surface area contributed by atoms with Gasteiger partial charge in [-0.25, -0.2) is 0 Å². The van der Waals surface area contributed by atoms with Crippen molar-refractivity contribution in [3.63, 3.8) is 0 Å². The first-order valence-corrected chi connectivity index (χ1v) is 7.27. The van der Waals surface area contributed by atoms with Crippen LogP contribution in [0.4, 0.5) is 0 Å². The summed E-state index contributed by atoms with van der Waals surface area (Å²) in [6, 6.07) is 0.397. The minimum Gasteiger partial charge on any atom is -0.391 e. The summed E-state index contributed by atoms with van der Waals surface area (Å²) >= 11 is 0. The fourth-order valence-electron chi connectivity index (χ4n) is 3.21. The number of hydrogen-bond donors (Lipinski definition) is 1. The average molecular weight is 241 g/mol. The van der Waals surface area contributed by atoms with Crippen LogP contribution in [0.25, 0.3) is 0 Å². The van der Waals surface area contributed by atoms with E-state index >= 15 is 0 Å². The maximum Gasteiger partial charge on any atom is 0.0695 e. The Kier molecular flexibility index (Phi) is 5.26. The van der Waals surface area contributed by atoms with Crippen molar-refractivity contribution in [2.45, 2.75) is 69.6 Å². The lowest BCUT2D eigenvalue weighted by atomic mass is 9.91. The van der Waals surface area contributed by atoms with E-state index in [-0.39, 0.29) is 6.10 Å². The lowest BCUT2D eigenvalue weighted by Crippen LogP contribution is -2.43. The van der Waals surface area contributed by atoms with Crippen molar-refractivity contribution in [2.75, 3.05) is 20.2 Å². The Labute approximate surface area is 105 Å². The van der Waals surface area contributed by atoms with Crippen molar-refractivity contribution in [2.24, 2.45) is 0 Å². The molecule has 0 aromatic heterocycles. The van der Waals surface area contributed by atoms with Crippen molar-refractivity contribution >= 4 is 0 Å². The number of rotatable bonds is 5. The molecule has 2 rings (SSSR count). The molecule has 0 radical (unpaired) electrons. The fourth-order valence-corrected chi connectivity index (χ4v) is 3.21. The summed E-state index contributed by atoms with van der Waals surface area (Å²) < 4.78 is 5.63. The molecule has 1 saturated heterocycles. The van der Waals surface area contributed by atoms with Crippen molar-refractivity contribution < 1.29 is 9.84 Å². The SMILES string of the molecule is CN(CCCC1CCCO1)C1CCCCC1O. The summed E-state index contributed by atoms with van der Waals surface area (Å²) in [7, 11) is 2.16. The van der Waals surface area contributed by atoms with Gasteiger partial charge in [-0.05, 0) is 52.1 Å². The van der Waals surface area contributed by atoms with Crippen LogP contribution < -0.4 is 0 Å². The Hall–Kier alpha value is -0.120. The zero-order valence-corrected chi connectivity index (χ0v) is 11.1. The van der Waals surface area contributed by atoms with Gasteiger partial charge in [0, 0.05) is 12.6 Å². The van der Waals surface area contributed by atoms with Gasteiger partial charge in [-0.1, -0.05) is 12.8 Å². The normalized spacial score (nSPS) is 34.4. The maximum absolute atomic E-state index is 9.98. The van der Waals surface area contributed by atoms with Gasteiger partial charge in [0.15, 0.2) is 0 Å². The molecule has 3 heteroatoms. The van der Waals surface area contributed by atoms with Crippen LogP contribution in [-0.4, -0.2) is 48.5 Å². The van der Waals surface area contributed by atoms with E-state index < -0.39 is 0 Å². The van der Waals surface area contributed by atoms with Gasteiger partial charge in [-0.2, -0.15) is 0 Å². The third-order valence-corrected chi connectivity index (χ3v) is 4.32. The Bertz CT molecular complexity index is 216. The molecular formula is C14H27NO2. The van der Waals surface area contributed by atoms with Gasteiger partial charge in [0.25, 0.3) is 0 Å². The number of ether oxygens (including phenoxy) is 1. The second-order valence-corrected chi connectivity index (χ2v) is 5.68. The predicted molar refractivity (Wildman–Crippen MR) is 69.1 cm³/mol. The Balaban J connectivity index is 1.63. The zero-order valence-electron chi connectivity index (χ0n) is 11.1. The van der Waals surface area contributed by atoms with Gasteiger partial charge in [0.1, 0.15) is 0 Å². The minimum atomic E-state index is -0.100. The van der Waals surface area contributed by atoms with Gasteiger partial charge < -0.3 is 14.7 Å². The summed E-state index contributed by atoms with van der Waals surface area (Å²) in [5.41, 5.74) is 0. The van der Waals surface area contributed by atoms with Gasteiger partial charge >= 0.3 is 0 Å². The molecule has 17 heavy (non-hydrogen) atoms. The molecule has 3 unspecified atom stereocenters. The molecule has 0 bridgehead atoms. The molecule has 0 amide bonds. The lowest BCUT2D eigenvalue weighted by molar-refractivity contribution is 0.0290. The van der Waals surface area contributed by atoms with Gasteiger partial charge in [-0.3, -0.25) is 0 Å². The second-order valence-electron chi connectivity index (χ2n) is 5.68. The van der Waals surface area contributed by atoms with E-state index in [0.717, 1.165) is 26.0 Å². The van der Waals surface area contributed by atoms with Crippen LogP contribution >= 0.6 is 0 Å². The zero-order chi connectivity index (χ0) is 12.1. The molecule has 1 aliphatic carbocycles. The summed E-state index contributed by atoms with van der Waals surface area (Å²) in [6.07, 6.45) is 9.91. The smallest absolute Gasteiger partial charge is 0.0695 e. The topological polar surface area (TPSA) is 32.7 Å². The summed E-state index contributed by atoms with van der Waals surface area (Å²) in [5.74, 6) is 0. The van der Waals surface area contributed by atoms with E-state index in [1.807, 2.05) is 0 Å². The van der Waals surface area contributed by atoms with E-state index in [0.29, 0.717) is 12.1 Å². The fraction of sp³-hybridized carbons (Fsp3) is 1.00. The van der Waals surface area contributed by atoms with Crippen LogP contribution in [0.3, 0.4) is 0 Å². The largest absolute Gasteiger partial charge is 0.391 e. The van der Waals surface area contributed by atoms with Gasteiger partial charge in [0.05, 0.1) is 12.2 Å². The first-order chi connectivity index (χ1) is 8.27. The summed E-state index contributed by atoms with van der Waals surface area (Å²) in [5, 5.41) is 9.98. The van der Waals surface area contributed by atoms with Crippen molar-refractivity contribution in [3.05, 3.63) is 0 Å². The first-order valence-electron chi connectivity index (χ1n) is 7.27. The van der Waals surface area contributed by atoms with Crippen LogP contribution in [0, 0.1) is 0 Å². The highest BCUT2D eigenvalue weighted by Gasteiger charge is 2.26. The van der Waals surface area contributed by atoms with E-state index in [1.165, 1.54) is 38.5 Å². The third kappa shape index (κ3) is 3.94. The molecule has 3 atom stereocenters. The molecular weight excluding hydrogens is 214 g/mol. The number of likely N-dealkylation sites (N-methyl/N-ethyl adjacent to an activating group) is 1. The van der Waals surface area contributed by atoms with Gasteiger partial charge in [-0.15, -0.1) is 0 Å². The molecule has 0 aromatic rings. The van der Waals surface area contributed by atoms with Crippen LogP contribution in [0.15, 0.2) is 0 Å². The van der Waals surface area contributed by atoms with Crippen molar-refractivity contribution in [3.8, 4) is 0 Å². The molecule has 1 heterocycles. The molecule has 1 N–H and O–H groups in total. The van der Waals surface area contributed by atoms with Crippen LogP contribution in [0.1, 0.15) is 51.4 Å². The highest BCUT2D eigenvalue weighted by Crippen LogP contribution is 2.23. The highest BCUT2D eigenvalue weighted by atomic mass is 16.5. The molecule has 3 nitrogen and oxygen atoms in total. The molecule has 2 fully saturated rings. The van der Waals surface area contributed by atoms with Crippen molar-refractivity contribution in [1.29, 1.82) is 0 Å². The number of nitrogens with zero attached hydrogens (tertiary/aromatic N) is 1. The van der Waals surface area contributed by atoms with Gasteiger partial charge in [0.2, 0.25) is 0 Å². The number of aliphatic hydroxyl groups excluding tert-OH is 1. The van der Waals surface area contributed by atoms with E-state index in [4.69, 9.17) is 4.74 Å². The first kappa shape index (κ1) is 13.3. The monoisotopic (exact) mass is 241 g/mol. The molecule has 2 aliphatic rings. The third-order valence-electron chi connectivity index (χ3n) is 4.32. The average Bonchev–Trinajstić information content (AvgIpc) is 2.82. The van der Waals surface area contributed by atoms with Crippen LogP contribution in [0.2, 0.25) is 0 Å². The Morgan fingerprint density at radius 1 is 1.18 bits per heavy atom. The molecule has 1 saturated carbocycles. The molecule has 100 valence electrons. The molecule has 0 spiro atoms.